The molecular weight excluding hydrogens is 268 g/mol. The molecule has 0 radical (unpaired) electrons. The van der Waals surface area contributed by atoms with E-state index in [0.717, 1.165) is 4.90 Å². The fourth-order valence-electron chi connectivity index (χ4n) is 1.63. The Morgan fingerprint density at radius 1 is 0.789 bits per heavy atom. The second-order valence-electron chi connectivity index (χ2n) is 4.08. The minimum Gasteiger partial charge on any atom is -0.143 e. The van der Waals surface area contributed by atoms with E-state index < -0.39 is 0 Å². The predicted molar refractivity (Wildman–Crippen MR) is 90.0 cm³/mol. The molecule has 0 aliphatic rings. The summed E-state index contributed by atoms with van der Waals surface area (Å²) in [7, 11) is 0. The third-order valence-corrected chi connectivity index (χ3v) is 3.74. The SMILES string of the molecule is CSc1ccc(/C=C/C=C/c2ccc(S)cc2)cc1. The third kappa shape index (κ3) is 4.66. The van der Waals surface area contributed by atoms with Gasteiger partial charge in [-0.25, -0.2) is 0 Å². The maximum absolute atomic E-state index is 4.27. The summed E-state index contributed by atoms with van der Waals surface area (Å²) < 4.78 is 0. The minimum atomic E-state index is 0.988. The molecule has 19 heavy (non-hydrogen) atoms. The van der Waals surface area contributed by atoms with Gasteiger partial charge in [0, 0.05) is 9.79 Å². The highest BCUT2D eigenvalue weighted by atomic mass is 32.2. The highest BCUT2D eigenvalue weighted by molar-refractivity contribution is 7.98. The topological polar surface area (TPSA) is 0 Å². The van der Waals surface area contributed by atoms with E-state index in [2.05, 4.69) is 79.6 Å². The Labute approximate surface area is 124 Å². The molecule has 96 valence electrons. The summed E-state index contributed by atoms with van der Waals surface area (Å²) in [5, 5.41) is 0. The molecule has 0 heterocycles. The van der Waals surface area contributed by atoms with Crippen molar-refractivity contribution in [2.24, 2.45) is 0 Å². The Morgan fingerprint density at radius 2 is 1.26 bits per heavy atom. The van der Waals surface area contributed by atoms with E-state index >= 15 is 0 Å². The van der Waals surface area contributed by atoms with Gasteiger partial charge in [-0.3, -0.25) is 0 Å². The van der Waals surface area contributed by atoms with E-state index in [1.807, 2.05) is 12.1 Å². The first-order valence-electron chi connectivity index (χ1n) is 6.06. The van der Waals surface area contributed by atoms with Crippen molar-refractivity contribution in [2.45, 2.75) is 9.79 Å². The Kier molecular flexibility index (Phi) is 5.37. The number of hydrogen-bond donors (Lipinski definition) is 1. The summed E-state index contributed by atoms with van der Waals surface area (Å²) in [5.74, 6) is 0. The van der Waals surface area contributed by atoms with Crippen molar-refractivity contribution in [3.8, 4) is 0 Å². The van der Waals surface area contributed by atoms with Crippen LogP contribution in [-0.2, 0) is 0 Å². The van der Waals surface area contributed by atoms with Crippen LogP contribution in [0, 0.1) is 0 Å². The first kappa shape index (κ1) is 14.0. The molecule has 0 saturated heterocycles. The van der Waals surface area contributed by atoms with Gasteiger partial charge < -0.3 is 0 Å². The lowest BCUT2D eigenvalue weighted by Crippen LogP contribution is -1.72. The molecule has 0 aliphatic carbocycles. The van der Waals surface area contributed by atoms with Crippen molar-refractivity contribution in [3.63, 3.8) is 0 Å². The largest absolute Gasteiger partial charge is 0.143 e. The average molecular weight is 284 g/mol. The van der Waals surface area contributed by atoms with E-state index in [1.54, 1.807) is 11.8 Å². The lowest BCUT2D eigenvalue weighted by molar-refractivity contribution is 1.45. The number of thiol groups is 1. The normalized spacial score (nSPS) is 11.5. The van der Waals surface area contributed by atoms with Crippen LogP contribution >= 0.6 is 24.4 Å². The van der Waals surface area contributed by atoms with Crippen molar-refractivity contribution in [1.82, 2.24) is 0 Å². The molecule has 0 saturated carbocycles. The monoisotopic (exact) mass is 284 g/mol. The fourth-order valence-corrected chi connectivity index (χ4v) is 2.19. The summed E-state index contributed by atoms with van der Waals surface area (Å²) in [5.41, 5.74) is 2.40. The number of rotatable bonds is 4. The summed E-state index contributed by atoms with van der Waals surface area (Å²) >= 11 is 6.03. The van der Waals surface area contributed by atoms with Gasteiger partial charge >= 0.3 is 0 Å². The second-order valence-corrected chi connectivity index (χ2v) is 5.48. The first-order valence-corrected chi connectivity index (χ1v) is 7.73. The van der Waals surface area contributed by atoms with E-state index in [9.17, 15) is 0 Å². The van der Waals surface area contributed by atoms with E-state index in [4.69, 9.17) is 0 Å². The average Bonchev–Trinajstić information content (AvgIpc) is 2.46. The van der Waals surface area contributed by atoms with Crippen LogP contribution in [0.25, 0.3) is 12.2 Å². The summed E-state index contributed by atoms with van der Waals surface area (Å²) in [6.07, 6.45) is 10.4. The summed E-state index contributed by atoms with van der Waals surface area (Å²) in [6, 6.07) is 16.6. The smallest absolute Gasteiger partial charge is 0.00695 e. The lowest BCUT2D eigenvalue weighted by Gasteiger charge is -1.96. The molecule has 0 amide bonds. The quantitative estimate of drug-likeness (QED) is 0.444. The molecule has 2 aromatic rings. The predicted octanol–water partition coefficient (Wildman–Crippen LogP) is 5.42. The van der Waals surface area contributed by atoms with Crippen molar-refractivity contribution in [1.29, 1.82) is 0 Å². The molecule has 0 bridgehead atoms. The molecule has 0 unspecified atom stereocenters. The minimum absolute atomic E-state index is 0.988. The van der Waals surface area contributed by atoms with Gasteiger partial charge in [0.25, 0.3) is 0 Å². The molecule has 0 fully saturated rings. The van der Waals surface area contributed by atoms with E-state index in [1.165, 1.54) is 16.0 Å². The standard InChI is InChI=1S/C17H16S2/c1-19-17-12-8-15(9-13-17)5-3-2-4-14-6-10-16(18)11-7-14/h2-13,18H,1H3/b4-2+,5-3+. The molecule has 0 aliphatic heterocycles. The summed E-state index contributed by atoms with van der Waals surface area (Å²) in [6.45, 7) is 0. The van der Waals surface area contributed by atoms with Gasteiger partial charge in [0.2, 0.25) is 0 Å². The zero-order valence-corrected chi connectivity index (χ0v) is 12.5. The Hall–Kier alpha value is -1.38. The van der Waals surface area contributed by atoms with Crippen LogP contribution < -0.4 is 0 Å². The number of allylic oxidation sites excluding steroid dienone is 2. The van der Waals surface area contributed by atoms with Crippen LogP contribution in [0.3, 0.4) is 0 Å². The molecule has 0 atom stereocenters. The van der Waals surface area contributed by atoms with Gasteiger partial charge in [-0.1, -0.05) is 48.6 Å². The first-order chi connectivity index (χ1) is 9.28. The zero-order valence-electron chi connectivity index (χ0n) is 10.8. The van der Waals surface area contributed by atoms with Crippen LogP contribution in [0.1, 0.15) is 11.1 Å². The Bertz CT molecular complexity index is 563. The van der Waals surface area contributed by atoms with Crippen molar-refractivity contribution >= 4 is 36.5 Å². The van der Waals surface area contributed by atoms with Crippen LogP contribution in [0.2, 0.25) is 0 Å². The van der Waals surface area contributed by atoms with Gasteiger partial charge in [-0.05, 0) is 41.6 Å². The highest BCUT2D eigenvalue weighted by Gasteiger charge is 1.89. The number of hydrogen-bond acceptors (Lipinski definition) is 2. The van der Waals surface area contributed by atoms with Crippen molar-refractivity contribution < 1.29 is 0 Å². The molecule has 0 aromatic heterocycles. The molecule has 2 heteroatoms. The lowest BCUT2D eigenvalue weighted by atomic mass is 10.2. The molecule has 0 spiro atoms. The van der Waals surface area contributed by atoms with Gasteiger partial charge in [-0.15, -0.1) is 24.4 Å². The van der Waals surface area contributed by atoms with Crippen LogP contribution in [0.5, 0.6) is 0 Å². The van der Waals surface area contributed by atoms with Crippen LogP contribution in [0.4, 0.5) is 0 Å². The van der Waals surface area contributed by atoms with E-state index in [-0.39, 0.29) is 0 Å². The van der Waals surface area contributed by atoms with Crippen LogP contribution in [-0.4, -0.2) is 6.26 Å². The van der Waals surface area contributed by atoms with Crippen molar-refractivity contribution in [3.05, 3.63) is 71.8 Å². The molecule has 2 rings (SSSR count). The van der Waals surface area contributed by atoms with Crippen LogP contribution in [0.15, 0.2) is 70.5 Å². The molecule has 0 N–H and O–H groups in total. The van der Waals surface area contributed by atoms with Gasteiger partial charge in [-0.2, -0.15) is 0 Å². The summed E-state index contributed by atoms with van der Waals surface area (Å²) in [4.78, 5) is 2.28. The fraction of sp³-hybridized carbons (Fsp3) is 0.0588. The highest BCUT2D eigenvalue weighted by Crippen LogP contribution is 2.15. The van der Waals surface area contributed by atoms with Gasteiger partial charge in [0.05, 0.1) is 0 Å². The molecule has 0 nitrogen and oxygen atoms in total. The van der Waals surface area contributed by atoms with Gasteiger partial charge in [0.1, 0.15) is 0 Å². The third-order valence-electron chi connectivity index (χ3n) is 2.70. The number of thioether (sulfide) groups is 1. The Balaban J connectivity index is 1.96. The molecular formula is C17H16S2. The van der Waals surface area contributed by atoms with Gasteiger partial charge in [0.15, 0.2) is 0 Å². The maximum Gasteiger partial charge on any atom is 0.00695 e. The Morgan fingerprint density at radius 3 is 1.74 bits per heavy atom. The van der Waals surface area contributed by atoms with Crippen molar-refractivity contribution in [2.75, 3.05) is 6.26 Å². The maximum atomic E-state index is 4.27. The zero-order chi connectivity index (χ0) is 13.5. The second kappa shape index (κ2) is 7.27. The van der Waals surface area contributed by atoms with E-state index in [0.29, 0.717) is 0 Å². The number of benzene rings is 2. The molecule has 2 aromatic carbocycles.